The summed E-state index contributed by atoms with van der Waals surface area (Å²) in [6.45, 7) is 0.456. The van der Waals surface area contributed by atoms with Gasteiger partial charge in [0.25, 0.3) is 5.56 Å². The van der Waals surface area contributed by atoms with E-state index in [0.717, 1.165) is 5.33 Å². The molecule has 86 valence electrons. The molecule has 0 saturated heterocycles. The van der Waals surface area contributed by atoms with E-state index in [0.29, 0.717) is 17.7 Å². The summed E-state index contributed by atoms with van der Waals surface area (Å²) in [5, 5.41) is 0.722. The molecule has 16 heavy (non-hydrogen) atoms. The van der Waals surface area contributed by atoms with Crippen molar-refractivity contribution in [1.82, 2.24) is 19.5 Å². The average molecular weight is 351 g/mol. The van der Waals surface area contributed by atoms with Crippen molar-refractivity contribution in [2.45, 2.75) is 11.4 Å². The molecule has 0 aliphatic heterocycles. The van der Waals surface area contributed by atoms with Crippen molar-refractivity contribution in [1.29, 1.82) is 0 Å². The van der Waals surface area contributed by atoms with Gasteiger partial charge in [-0.25, -0.2) is 4.98 Å². The maximum atomic E-state index is 12.0. The van der Waals surface area contributed by atoms with Gasteiger partial charge in [-0.3, -0.25) is 9.36 Å². The molecule has 2 rings (SSSR count). The maximum Gasteiger partial charge on any atom is 0.281 e. The molecule has 3 N–H and O–H groups in total. The Hall–Kier alpha value is -0.890. The number of hydrogen-bond acceptors (Lipinski definition) is 4. The van der Waals surface area contributed by atoms with Crippen molar-refractivity contribution >= 4 is 49.0 Å². The molecule has 0 aromatic carbocycles. The minimum absolute atomic E-state index is 0.120. The number of aromatic amines is 1. The second-order valence-electron chi connectivity index (χ2n) is 3.24. The zero-order valence-electron chi connectivity index (χ0n) is 8.15. The van der Waals surface area contributed by atoms with Crippen molar-refractivity contribution in [2.75, 3.05) is 11.1 Å². The Balaban J connectivity index is 2.55. The first kappa shape index (κ1) is 11.6. The Bertz CT molecular complexity index is 563. The first-order valence-electron chi connectivity index (χ1n) is 4.53. The van der Waals surface area contributed by atoms with Gasteiger partial charge in [-0.05, 0) is 0 Å². The van der Waals surface area contributed by atoms with Gasteiger partial charge in [-0.15, -0.1) is 0 Å². The number of aromatic nitrogens is 4. The Labute approximate surface area is 108 Å². The summed E-state index contributed by atoms with van der Waals surface area (Å²) in [7, 11) is 0. The molecule has 0 saturated carbocycles. The van der Waals surface area contributed by atoms with E-state index in [1.54, 1.807) is 0 Å². The minimum atomic E-state index is -0.203. The topological polar surface area (TPSA) is 89.6 Å². The van der Waals surface area contributed by atoms with Gasteiger partial charge in [0.2, 0.25) is 5.95 Å². The fourth-order valence-corrected chi connectivity index (χ4v) is 1.85. The lowest BCUT2D eigenvalue weighted by Crippen LogP contribution is -2.28. The molecule has 0 amide bonds. The molecule has 6 nitrogen and oxygen atoms in total. The zero-order valence-corrected chi connectivity index (χ0v) is 11.3. The lowest BCUT2D eigenvalue weighted by molar-refractivity contribution is 0.681. The molecule has 0 aliphatic rings. The highest BCUT2D eigenvalue weighted by Crippen LogP contribution is 2.10. The standard InChI is InChI=1S/C8H9Br2N5O/c9-1-4(10)2-15-7(16)5-6(13-3-12-5)14-8(15)11/h3-4H,1-2H2,(H2,11,14)(H,12,13). The van der Waals surface area contributed by atoms with Crippen LogP contribution >= 0.6 is 31.9 Å². The lowest BCUT2D eigenvalue weighted by Gasteiger charge is -2.10. The summed E-state index contributed by atoms with van der Waals surface area (Å²) in [5.41, 5.74) is 6.24. The van der Waals surface area contributed by atoms with Gasteiger partial charge in [-0.1, -0.05) is 31.9 Å². The van der Waals surface area contributed by atoms with Gasteiger partial charge in [-0.2, -0.15) is 4.98 Å². The second-order valence-corrected chi connectivity index (χ2v) is 5.18. The predicted octanol–water partition coefficient (Wildman–Crippen LogP) is 0.860. The summed E-state index contributed by atoms with van der Waals surface area (Å²) in [4.78, 5) is 22.8. The number of halogens is 2. The van der Waals surface area contributed by atoms with Crippen LogP contribution in [-0.4, -0.2) is 29.7 Å². The number of nitrogens with one attached hydrogen (secondary N) is 1. The van der Waals surface area contributed by atoms with Crippen LogP contribution in [0.3, 0.4) is 0 Å². The highest BCUT2D eigenvalue weighted by Gasteiger charge is 2.13. The third-order valence-electron chi connectivity index (χ3n) is 2.12. The lowest BCUT2D eigenvalue weighted by atomic mass is 10.4. The molecule has 2 heterocycles. The third kappa shape index (κ3) is 1.99. The highest BCUT2D eigenvalue weighted by molar-refractivity contribution is 9.12. The Morgan fingerprint density at radius 2 is 2.38 bits per heavy atom. The Kier molecular flexibility index (Phi) is 3.29. The number of imidazole rings is 1. The fraction of sp³-hybridized carbons (Fsp3) is 0.375. The molecule has 2 aromatic rings. The van der Waals surface area contributed by atoms with E-state index in [1.165, 1.54) is 10.9 Å². The van der Waals surface area contributed by atoms with E-state index in [9.17, 15) is 4.79 Å². The fourth-order valence-electron chi connectivity index (χ4n) is 1.36. The summed E-state index contributed by atoms with van der Waals surface area (Å²) in [6, 6.07) is 0. The number of hydrogen-bond donors (Lipinski definition) is 2. The van der Waals surface area contributed by atoms with Gasteiger partial charge in [0.1, 0.15) is 0 Å². The molecule has 0 spiro atoms. The van der Waals surface area contributed by atoms with Crippen molar-refractivity contribution in [3.05, 3.63) is 16.7 Å². The van der Waals surface area contributed by atoms with E-state index in [4.69, 9.17) is 5.73 Å². The van der Waals surface area contributed by atoms with Crippen LogP contribution in [0.1, 0.15) is 0 Å². The summed E-state index contributed by atoms with van der Waals surface area (Å²) < 4.78 is 1.42. The van der Waals surface area contributed by atoms with Gasteiger partial charge in [0.05, 0.1) is 6.33 Å². The van der Waals surface area contributed by atoms with Crippen molar-refractivity contribution in [3.63, 3.8) is 0 Å². The highest BCUT2D eigenvalue weighted by atomic mass is 79.9. The molecule has 1 unspecified atom stereocenters. The maximum absolute atomic E-state index is 12.0. The molecule has 8 heteroatoms. The molecule has 0 bridgehead atoms. The SMILES string of the molecule is Nc1nc2nc[nH]c2c(=O)n1CC(Br)CBr. The monoisotopic (exact) mass is 349 g/mol. The Morgan fingerprint density at radius 3 is 3.06 bits per heavy atom. The van der Waals surface area contributed by atoms with Gasteiger partial charge >= 0.3 is 0 Å². The summed E-state index contributed by atoms with van der Waals surface area (Å²) in [6.07, 6.45) is 1.43. The molecule has 0 radical (unpaired) electrons. The van der Waals surface area contributed by atoms with Gasteiger partial charge in [0, 0.05) is 16.7 Å². The van der Waals surface area contributed by atoms with Crippen LogP contribution in [0, 0.1) is 0 Å². The normalized spacial score (nSPS) is 13.1. The van der Waals surface area contributed by atoms with Crippen LogP contribution in [0.4, 0.5) is 5.95 Å². The molecule has 1 atom stereocenters. The number of fused-ring (bicyclic) bond motifs is 1. The van der Waals surface area contributed by atoms with Crippen LogP contribution in [0.2, 0.25) is 0 Å². The van der Waals surface area contributed by atoms with Crippen molar-refractivity contribution in [3.8, 4) is 0 Å². The molecule has 0 fully saturated rings. The minimum Gasteiger partial charge on any atom is -0.369 e. The average Bonchev–Trinajstić information content (AvgIpc) is 2.71. The summed E-state index contributed by atoms with van der Waals surface area (Å²) in [5.74, 6) is 0.176. The number of rotatable bonds is 3. The number of nitrogen functional groups attached to an aromatic ring is 1. The zero-order chi connectivity index (χ0) is 11.7. The number of alkyl halides is 2. The van der Waals surface area contributed by atoms with Crippen LogP contribution < -0.4 is 11.3 Å². The first-order chi connectivity index (χ1) is 7.63. The van der Waals surface area contributed by atoms with E-state index >= 15 is 0 Å². The molecular weight excluding hydrogens is 342 g/mol. The first-order valence-corrected chi connectivity index (χ1v) is 6.56. The van der Waals surface area contributed by atoms with E-state index in [-0.39, 0.29) is 16.3 Å². The Morgan fingerprint density at radius 1 is 1.62 bits per heavy atom. The van der Waals surface area contributed by atoms with E-state index < -0.39 is 0 Å². The number of H-pyrrole nitrogens is 1. The second kappa shape index (κ2) is 4.54. The number of anilines is 1. The van der Waals surface area contributed by atoms with Crippen LogP contribution in [-0.2, 0) is 6.54 Å². The third-order valence-corrected chi connectivity index (χ3v) is 4.39. The van der Waals surface area contributed by atoms with Crippen molar-refractivity contribution < 1.29 is 0 Å². The number of nitrogens with zero attached hydrogens (tertiary/aromatic N) is 3. The molecular formula is C8H9Br2N5O. The molecule has 2 aromatic heterocycles. The predicted molar refractivity (Wildman–Crippen MR) is 69.1 cm³/mol. The van der Waals surface area contributed by atoms with Gasteiger partial charge in [0.15, 0.2) is 11.2 Å². The largest absolute Gasteiger partial charge is 0.369 e. The van der Waals surface area contributed by atoms with E-state index in [1.807, 2.05) is 0 Å². The van der Waals surface area contributed by atoms with Crippen molar-refractivity contribution in [2.24, 2.45) is 0 Å². The molecule has 0 aliphatic carbocycles. The summed E-state index contributed by atoms with van der Waals surface area (Å²) >= 11 is 6.74. The number of nitrogens with two attached hydrogens (primary N) is 1. The smallest absolute Gasteiger partial charge is 0.281 e. The van der Waals surface area contributed by atoms with Crippen LogP contribution in [0.25, 0.3) is 11.2 Å². The van der Waals surface area contributed by atoms with Gasteiger partial charge < -0.3 is 10.7 Å². The quantitative estimate of drug-likeness (QED) is 0.803. The van der Waals surface area contributed by atoms with Crippen LogP contribution in [0.5, 0.6) is 0 Å². The van der Waals surface area contributed by atoms with E-state index in [2.05, 4.69) is 46.8 Å². The van der Waals surface area contributed by atoms with Crippen LogP contribution in [0.15, 0.2) is 11.1 Å².